The van der Waals surface area contributed by atoms with E-state index >= 15 is 0 Å². The number of hydrogen-bond donors (Lipinski definition) is 4. The van der Waals surface area contributed by atoms with E-state index in [0.717, 1.165) is 37.1 Å². The Kier molecular flexibility index (Phi) is 5.81. The first-order valence-corrected chi connectivity index (χ1v) is 13.5. The molecule has 31 heavy (non-hydrogen) atoms. The van der Waals surface area contributed by atoms with Gasteiger partial charge in [-0.3, -0.25) is 0 Å². The maximum Gasteiger partial charge on any atom is 0.0698 e. The van der Waals surface area contributed by atoms with E-state index in [1.54, 1.807) is 0 Å². The van der Waals surface area contributed by atoms with E-state index in [2.05, 4.69) is 33.0 Å². The third kappa shape index (κ3) is 3.45. The molecule has 1 heterocycles. The van der Waals surface area contributed by atoms with Crippen LogP contribution in [0.4, 0.5) is 0 Å². The van der Waals surface area contributed by atoms with Gasteiger partial charge in [0.1, 0.15) is 0 Å². The van der Waals surface area contributed by atoms with E-state index in [-0.39, 0.29) is 23.7 Å². The SMILES string of the molecule is C[C@H]1CN[C@@H]([C@@H](C)[C@H]2[C@H](O)C[C@H]3[C@@H]4CC[C@H]5C[C@@H](N)CC[C@]5(C)[C@H]4CC[C@]23C)[C@@H](O)C1. The van der Waals surface area contributed by atoms with Gasteiger partial charge in [0.2, 0.25) is 0 Å². The quantitative estimate of drug-likeness (QED) is 0.533. The molecule has 1 saturated heterocycles. The Morgan fingerprint density at radius 1 is 0.903 bits per heavy atom. The molecule has 0 spiro atoms. The first-order valence-electron chi connectivity index (χ1n) is 13.5. The number of rotatable bonds is 2. The highest BCUT2D eigenvalue weighted by molar-refractivity contribution is 5.13. The number of piperidine rings is 1. The molecule has 0 aromatic heterocycles. The predicted octanol–water partition coefficient (Wildman–Crippen LogP) is 3.94. The van der Waals surface area contributed by atoms with Gasteiger partial charge in [0.05, 0.1) is 12.2 Å². The number of aliphatic hydroxyl groups is 2. The summed E-state index contributed by atoms with van der Waals surface area (Å²) in [5.41, 5.74) is 7.05. The smallest absolute Gasteiger partial charge is 0.0698 e. The second-order valence-electron chi connectivity index (χ2n) is 13.3. The fourth-order valence-corrected chi connectivity index (χ4v) is 10.2. The molecule has 0 aromatic rings. The van der Waals surface area contributed by atoms with Gasteiger partial charge in [-0.25, -0.2) is 0 Å². The van der Waals surface area contributed by atoms with Crippen molar-refractivity contribution in [2.24, 2.45) is 58.0 Å². The molecule has 5 N–H and O–H groups in total. The molecule has 4 aliphatic carbocycles. The van der Waals surface area contributed by atoms with Crippen LogP contribution in [0.1, 0.15) is 85.5 Å². The third-order valence-corrected chi connectivity index (χ3v) is 11.7. The Morgan fingerprint density at radius 2 is 1.65 bits per heavy atom. The monoisotopic (exact) mass is 432 g/mol. The van der Waals surface area contributed by atoms with Crippen molar-refractivity contribution in [3.63, 3.8) is 0 Å². The molecule has 178 valence electrons. The highest BCUT2D eigenvalue weighted by atomic mass is 16.3. The lowest BCUT2D eigenvalue weighted by Gasteiger charge is -2.61. The van der Waals surface area contributed by atoms with Crippen LogP contribution < -0.4 is 11.1 Å². The molecule has 4 heteroatoms. The zero-order valence-electron chi connectivity index (χ0n) is 20.4. The summed E-state index contributed by atoms with van der Waals surface area (Å²) >= 11 is 0. The molecule has 1 aliphatic heterocycles. The average Bonchev–Trinajstić information content (AvgIpc) is 2.98. The number of nitrogens with two attached hydrogens (primary N) is 1. The van der Waals surface area contributed by atoms with Crippen molar-refractivity contribution in [3.05, 3.63) is 0 Å². The maximum atomic E-state index is 11.4. The van der Waals surface area contributed by atoms with Crippen LogP contribution in [-0.4, -0.2) is 41.0 Å². The maximum absolute atomic E-state index is 11.4. The Hall–Kier alpha value is -0.160. The predicted molar refractivity (Wildman–Crippen MR) is 125 cm³/mol. The summed E-state index contributed by atoms with van der Waals surface area (Å²) in [5.74, 6) is 4.18. The third-order valence-electron chi connectivity index (χ3n) is 11.7. The fraction of sp³-hybridized carbons (Fsp3) is 1.00. The molecule has 5 fully saturated rings. The zero-order valence-corrected chi connectivity index (χ0v) is 20.4. The molecular formula is C27H48N2O2. The van der Waals surface area contributed by atoms with Crippen LogP contribution in [0.25, 0.3) is 0 Å². The molecular weight excluding hydrogens is 384 g/mol. The van der Waals surface area contributed by atoms with Crippen LogP contribution in [-0.2, 0) is 0 Å². The van der Waals surface area contributed by atoms with E-state index in [0.29, 0.717) is 35.1 Å². The van der Waals surface area contributed by atoms with Crippen molar-refractivity contribution in [2.75, 3.05) is 6.54 Å². The molecule has 13 atom stereocenters. The van der Waals surface area contributed by atoms with Gasteiger partial charge in [-0.15, -0.1) is 0 Å². The molecule has 0 amide bonds. The van der Waals surface area contributed by atoms with Gasteiger partial charge in [0.25, 0.3) is 0 Å². The van der Waals surface area contributed by atoms with E-state index in [1.165, 1.54) is 44.9 Å². The van der Waals surface area contributed by atoms with Crippen molar-refractivity contribution in [1.82, 2.24) is 5.32 Å². The number of nitrogens with one attached hydrogen (secondary N) is 1. The van der Waals surface area contributed by atoms with Crippen LogP contribution in [0.5, 0.6) is 0 Å². The zero-order chi connectivity index (χ0) is 22.1. The van der Waals surface area contributed by atoms with Gasteiger partial charge < -0.3 is 21.3 Å². The van der Waals surface area contributed by atoms with Gasteiger partial charge in [-0.2, -0.15) is 0 Å². The van der Waals surface area contributed by atoms with Crippen LogP contribution >= 0.6 is 0 Å². The summed E-state index contributed by atoms with van der Waals surface area (Å²) < 4.78 is 0. The Bertz CT molecular complexity index is 672. The van der Waals surface area contributed by atoms with Gasteiger partial charge in [0, 0.05) is 12.1 Å². The standard InChI is InChI=1S/C27H48N2O2/c1-15-11-23(31)25(29-14-15)16(2)24-22(30)13-21-19-6-5-17-12-18(28)7-9-26(17,3)20(19)8-10-27(21,24)4/h15-25,29-31H,5-14,28H2,1-4H3/t15-,16+,17+,18+,19-,20+,21+,22-,23+,24+,25+,26+,27+/m1/s1. The number of aliphatic hydroxyl groups excluding tert-OH is 2. The lowest BCUT2D eigenvalue weighted by Crippen LogP contribution is -2.57. The summed E-state index contributed by atoms with van der Waals surface area (Å²) in [6.07, 6.45) is 10.4. The Labute approximate surface area is 190 Å². The van der Waals surface area contributed by atoms with Crippen LogP contribution in [0.3, 0.4) is 0 Å². The topological polar surface area (TPSA) is 78.5 Å². The molecule has 5 aliphatic rings. The van der Waals surface area contributed by atoms with Gasteiger partial charge in [-0.1, -0.05) is 27.7 Å². The van der Waals surface area contributed by atoms with E-state index < -0.39 is 0 Å². The summed E-state index contributed by atoms with van der Waals surface area (Å²) in [5, 5.41) is 25.9. The largest absolute Gasteiger partial charge is 0.393 e. The Balaban J connectivity index is 1.38. The molecule has 0 aromatic carbocycles. The normalized spacial score (nSPS) is 58.2. The lowest BCUT2D eigenvalue weighted by molar-refractivity contribution is -0.120. The van der Waals surface area contributed by atoms with Gasteiger partial charge in [0.15, 0.2) is 0 Å². The Morgan fingerprint density at radius 3 is 2.39 bits per heavy atom. The van der Waals surface area contributed by atoms with Crippen molar-refractivity contribution >= 4 is 0 Å². The second kappa shape index (κ2) is 7.96. The van der Waals surface area contributed by atoms with Crippen molar-refractivity contribution < 1.29 is 10.2 Å². The first-order chi connectivity index (χ1) is 14.6. The highest BCUT2D eigenvalue weighted by Gasteiger charge is 2.63. The molecule has 5 rings (SSSR count). The van der Waals surface area contributed by atoms with Crippen molar-refractivity contribution in [1.29, 1.82) is 0 Å². The summed E-state index contributed by atoms with van der Waals surface area (Å²) in [6, 6.07) is 0.538. The fourth-order valence-electron chi connectivity index (χ4n) is 10.2. The lowest BCUT2D eigenvalue weighted by atomic mass is 9.44. The van der Waals surface area contributed by atoms with E-state index in [1.807, 2.05) is 0 Å². The number of hydrogen-bond acceptors (Lipinski definition) is 4. The summed E-state index contributed by atoms with van der Waals surface area (Å²) in [4.78, 5) is 0. The van der Waals surface area contributed by atoms with Crippen molar-refractivity contribution in [3.8, 4) is 0 Å². The second-order valence-corrected chi connectivity index (χ2v) is 13.3. The minimum absolute atomic E-state index is 0.122. The van der Waals surface area contributed by atoms with E-state index in [9.17, 15) is 10.2 Å². The van der Waals surface area contributed by atoms with Crippen molar-refractivity contribution in [2.45, 2.75) is 110 Å². The van der Waals surface area contributed by atoms with Crippen LogP contribution in [0, 0.1) is 52.3 Å². The molecule has 0 bridgehead atoms. The number of fused-ring (bicyclic) bond motifs is 5. The van der Waals surface area contributed by atoms with Crippen LogP contribution in [0.2, 0.25) is 0 Å². The van der Waals surface area contributed by atoms with Crippen LogP contribution in [0.15, 0.2) is 0 Å². The highest BCUT2D eigenvalue weighted by Crippen LogP contribution is 2.68. The molecule has 4 saturated carbocycles. The summed E-state index contributed by atoms with van der Waals surface area (Å²) in [7, 11) is 0. The molecule has 0 radical (unpaired) electrons. The average molecular weight is 433 g/mol. The first kappa shape index (κ1) is 22.6. The minimum atomic E-state index is -0.286. The van der Waals surface area contributed by atoms with Gasteiger partial charge >= 0.3 is 0 Å². The minimum Gasteiger partial charge on any atom is -0.393 e. The van der Waals surface area contributed by atoms with Gasteiger partial charge in [-0.05, 0) is 117 Å². The molecule has 0 unspecified atom stereocenters. The summed E-state index contributed by atoms with van der Waals surface area (Å²) in [6.45, 7) is 10.6. The van der Waals surface area contributed by atoms with E-state index in [4.69, 9.17) is 5.73 Å². The molecule has 4 nitrogen and oxygen atoms in total.